The average molecular weight is 445 g/mol. The molecule has 0 aliphatic rings. The number of hydrogen-bond donors (Lipinski definition) is 0. The monoisotopic (exact) mass is 444 g/mol. The van der Waals surface area contributed by atoms with Crippen LogP contribution >= 0.6 is 11.3 Å². The summed E-state index contributed by atoms with van der Waals surface area (Å²) in [5, 5.41) is 0. The van der Waals surface area contributed by atoms with Crippen LogP contribution in [0.3, 0.4) is 0 Å². The molecule has 3 aromatic rings. The lowest BCUT2D eigenvalue weighted by Gasteiger charge is -2.09. The molecule has 0 spiro atoms. The molecule has 164 valence electrons. The highest BCUT2D eigenvalue weighted by molar-refractivity contribution is 7.16. The topological polar surface area (TPSA) is 88.4 Å². The molecule has 0 unspecified atom stereocenters. The van der Waals surface area contributed by atoms with Gasteiger partial charge in [-0.15, -0.1) is 0 Å². The van der Waals surface area contributed by atoms with Crippen LogP contribution in [-0.4, -0.2) is 51.0 Å². The molecule has 9 heteroatoms. The van der Waals surface area contributed by atoms with Crippen molar-refractivity contribution in [2.45, 2.75) is 13.5 Å². The van der Waals surface area contributed by atoms with E-state index < -0.39 is 11.9 Å². The first kappa shape index (κ1) is 22.5. The number of carbonyl (C=O) groups excluding carboxylic acids is 2. The van der Waals surface area contributed by atoms with Gasteiger partial charge in [0.25, 0.3) is 5.91 Å². The maximum absolute atomic E-state index is 12.8. The summed E-state index contributed by atoms with van der Waals surface area (Å²) in [5.74, 6) is 0.322. The normalized spacial score (nSPS) is 11.5. The third-order valence-corrected chi connectivity index (χ3v) is 5.64. The van der Waals surface area contributed by atoms with Crippen molar-refractivity contribution in [3.63, 3.8) is 0 Å². The number of hydrogen-bond acceptors (Lipinski definition) is 7. The van der Waals surface area contributed by atoms with Gasteiger partial charge in [-0.25, -0.2) is 4.79 Å². The molecule has 0 bridgehead atoms. The van der Waals surface area contributed by atoms with Gasteiger partial charge >= 0.3 is 5.97 Å². The molecule has 0 saturated heterocycles. The number of rotatable bonds is 8. The summed E-state index contributed by atoms with van der Waals surface area (Å²) in [6.45, 7) is 3.53. The standard InChI is InChI=1S/C22H24N2O6S/c1-5-30-11-10-24-16-12-17(27-2)18(28-3)13-19(16)31-22(24)23-20(25)14-6-8-15(9-7-14)21(26)29-4/h6-9,12-13H,5,10-11H2,1-4H3. The number of benzene rings is 2. The van der Waals surface area contributed by atoms with Gasteiger partial charge in [-0.1, -0.05) is 11.3 Å². The van der Waals surface area contributed by atoms with Crippen molar-refractivity contribution in [2.24, 2.45) is 4.99 Å². The van der Waals surface area contributed by atoms with E-state index in [4.69, 9.17) is 14.2 Å². The molecule has 31 heavy (non-hydrogen) atoms. The van der Waals surface area contributed by atoms with Crippen molar-refractivity contribution in [2.75, 3.05) is 34.5 Å². The van der Waals surface area contributed by atoms with Crippen molar-refractivity contribution >= 4 is 33.4 Å². The summed E-state index contributed by atoms with van der Waals surface area (Å²) in [7, 11) is 4.46. The SMILES string of the molecule is CCOCCn1c(=NC(=O)c2ccc(C(=O)OC)cc2)sc2cc(OC)c(OC)cc21. The predicted molar refractivity (Wildman–Crippen MR) is 117 cm³/mol. The zero-order valence-electron chi connectivity index (χ0n) is 17.8. The van der Waals surface area contributed by atoms with Crippen LogP contribution in [-0.2, 0) is 16.0 Å². The first-order chi connectivity index (χ1) is 15.0. The van der Waals surface area contributed by atoms with Gasteiger partial charge in [-0.3, -0.25) is 4.79 Å². The molecular formula is C22H24N2O6S. The lowest BCUT2D eigenvalue weighted by atomic mass is 10.1. The number of methoxy groups -OCH3 is 3. The molecule has 3 rings (SSSR count). The quantitative estimate of drug-likeness (QED) is 0.391. The van der Waals surface area contributed by atoms with Gasteiger partial charge in [0, 0.05) is 30.8 Å². The first-order valence-electron chi connectivity index (χ1n) is 9.62. The van der Waals surface area contributed by atoms with E-state index in [-0.39, 0.29) is 0 Å². The Morgan fingerprint density at radius 1 is 1.00 bits per heavy atom. The van der Waals surface area contributed by atoms with Crippen LogP contribution in [0.4, 0.5) is 0 Å². The van der Waals surface area contributed by atoms with E-state index in [0.717, 1.165) is 10.2 Å². The van der Waals surface area contributed by atoms with Crippen LogP contribution in [0, 0.1) is 0 Å². The molecule has 2 aromatic carbocycles. The summed E-state index contributed by atoms with van der Waals surface area (Å²) in [6, 6.07) is 9.93. The third-order valence-electron chi connectivity index (χ3n) is 4.60. The van der Waals surface area contributed by atoms with Crippen LogP contribution in [0.15, 0.2) is 41.4 Å². The number of esters is 1. The maximum Gasteiger partial charge on any atom is 0.337 e. The third kappa shape index (κ3) is 4.95. The Morgan fingerprint density at radius 3 is 2.26 bits per heavy atom. The van der Waals surface area contributed by atoms with Gasteiger partial charge in [-0.05, 0) is 31.2 Å². The largest absolute Gasteiger partial charge is 0.493 e. The summed E-state index contributed by atoms with van der Waals surface area (Å²) in [5.41, 5.74) is 1.61. The number of fused-ring (bicyclic) bond motifs is 1. The highest BCUT2D eigenvalue weighted by Gasteiger charge is 2.14. The number of nitrogens with zero attached hydrogens (tertiary/aromatic N) is 2. The van der Waals surface area contributed by atoms with Crippen LogP contribution in [0.5, 0.6) is 11.5 Å². The van der Waals surface area contributed by atoms with Crippen molar-refractivity contribution in [3.8, 4) is 11.5 Å². The van der Waals surface area contributed by atoms with E-state index in [9.17, 15) is 9.59 Å². The van der Waals surface area contributed by atoms with Crippen LogP contribution in [0.1, 0.15) is 27.6 Å². The van der Waals surface area contributed by atoms with Crippen LogP contribution < -0.4 is 14.3 Å². The van der Waals surface area contributed by atoms with E-state index in [0.29, 0.717) is 47.2 Å². The molecule has 0 aliphatic heterocycles. The fourth-order valence-electron chi connectivity index (χ4n) is 3.02. The molecule has 0 aliphatic carbocycles. The fourth-order valence-corrected chi connectivity index (χ4v) is 4.08. The zero-order valence-corrected chi connectivity index (χ0v) is 18.7. The predicted octanol–water partition coefficient (Wildman–Crippen LogP) is 3.28. The fraction of sp³-hybridized carbons (Fsp3) is 0.318. The maximum atomic E-state index is 12.8. The van der Waals surface area contributed by atoms with Crippen molar-refractivity contribution in [1.29, 1.82) is 0 Å². The first-order valence-corrected chi connectivity index (χ1v) is 10.4. The van der Waals surface area contributed by atoms with Gasteiger partial charge in [0.2, 0.25) is 0 Å². The molecule has 8 nitrogen and oxygen atoms in total. The number of amides is 1. The summed E-state index contributed by atoms with van der Waals surface area (Å²) < 4.78 is 23.8. The van der Waals surface area contributed by atoms with Crippen molar-refractivity contribution in [3.05, 3.63) is 52.3 Å². The lowest BCUT2D eigenvalue weighted by Crippen LogP contribution is -2.19. The van der Waals surface area contributed by atoms with Crippen LogP contribution in [0.2, 0.25) is 0 Å². The van der Waals surface area contributed by atoms with Gasteiger partial charge in [0.05, 0.1) is 43.7 Å². The highest BCUT2D eigenvalue weighted by atomic mass is 32.1. The molecule has 0 radical (unpaired) electrons. The second-order valence-corrected chi connectivity index (χ2v) is 7.40. The van der Waals surface area contributed by atoms with Gasteiger partial charge in [-0.2, -0.15) is 4.99 Å². The highest BCUT2D eigenvalue weighted by Crippen LogP contribution is 2.33. The smallest absolute Gasteiger partial charge is 0.337 e. The van der Waals surface area contributed by atoms with E-state index in [2.05, 4.69) is 9.73 Å². The molecule has 1 aromatic heterocycles. The van der Waals surface area contributed by atoms with E-state index in [1.807, 2.05) is 23.6 Å². The summed E-state index contributed by atoms with van der Waals surface area (Å²) >= 11 is 1.38. The Kier molecular flexibility index (Phi) is 7.43. The van der Waals surface area contributed by atoms with Gasteiger partial charge in [0.15, 0.2) is 16.3 Å². The van der Waals surface area contributed by atoms with Gasteiger partial charge in [0.1, 0.15) is 0 Å². The Balaban J connectivity index is 2.05. The Morgan fingerprint density at radius 2 is 1.65 bits per heavy atom. The Bertz CT molecular complexity index is 1150. The molecule has 0 fully saturated rings. The number of carbonyl (C=O) groups is 2. The second kappa shape index (κ2) is 10.2. The minimum absolute atomic E-state index is 0.367. The molecule has 1 amide bonds. The number of thiazole rings is 1. The minimum Gasteiger partial charge on any atom is -0.493 e. The van der Waals surface area contributed by atoms with Gasteiger partial charge < -0.3 is 23.5 Å². The number of aromatic nitrogens is 1. The molecular weight excluding hydrogens is 420 g/mol. The second-order valence-electron chi connectivity index (χ2n) is 6.39. The summed E-state index contributed by atoms with van der Waals surface area (Å²) in [4.78, 5) is 29.3. The molecule has 0 saturated carbocycles. The number of ether oxygens (including phenoxy) is 4. The van der Waals surface area contributed by atoms with E-state index in [1.165, 1.54) is 18.4 Å². The Hall–Kier alpha value is -3.17. The van der Waals surface area contributed by atoms with Crippen molar-refractivity contribution in [1.82, 2.24) is 4.57 Å². The average Bonchev–Trinajstić information content (AvgIpc) is 3.13. The lowest BCUT2D eigenvalue weighted by molar-refractivity contribution is 0.0600. The summed E-state index contributed by atoms with van der Waals surface area (Å²) in [6.07, 6.45) is 0. The molecule has 1 heterocycles. The Labute approximate surface area is 183 Å². The minimum atomic E-state index is -0.461. The van der Waals surface area contributed by atoms with Crippen LogP contribution in [0.25, 0.3) is 10.2 Å². The van der Waals surface area contributed by atoms with E-state index >= 15 is 0 Å². The molecule has 0 atom stereocenters. The molecule has 0 N–H and O–H groups in total. The zero-order chi connectivity index (χ0) is 22.4. The van der Waals surface area contributed by atoms with Crippen molar-refractivity contribution < 1.29 is 28.5 Å². The van der Waals surface area contributed by atoms with E-state index in [1.54, 1.807) is 38.5 Å².